The van der Waals surface area contributed by atoms with Crippen molar-refractivity contribution in [1.29, 1.82) is 0 Å². The molecule has 1 aliphatic carbocycles. The molecule has 7 heteroatoms. The number of fused-ring (bicyclic) bond motifs is 1. The van der Waals surface area contributed by atoms with Gasteiger partial charge in [0.15, 0.2) is 6.10 Å². The van der Waals surface area contributed by atoms with Gasteiger partial charge in [0.25, 0.3) is 5.91 Å². The largest absolute Gasteiger partial charge is 0.462 e. The minimum absolute atomic E-state index is 0.0217. The molecule has 1 atom stereocenters. The van der Waals surface area contributed by atoms with Crippen LogP contribution < -0.4 is 5.32 Å². The Hall–Kier alpha value is -2.67. The zero-order chi connectivity index (χ0) is 23.5. The predicted molar refractivity (Wildman–Crippen MR) is 126 cm³/mol. The average Bonchev–Trinajstić information content (AvgIpc) is 3.11. The second-order valence-corrected chi connectivity index (χ2v) is 10.1. The molecule has 32 heavy (non-hydrogen) atoms. The Labute approximate surface area is 193 Å². The summed E-state index contributed by atoms with van der Waals surface area (Å²) in [5.74, 6) is -1.47. The molecule has 2 aromatic rings. The van der Waals surface area contributed by atoms with E-state index in [1.807, 2.05) is 12.1 Å². The van der Waals surface area contributed by atoms with E-state index in [1.165, 1.54) is 18.3 Å². The van der Waals surface area contributed by atoms with Crippen molar-refractivity contribution in [1.82, 2.24) is 0 Å². The lowest BCUT2D eigenvalue weighted by Gasteiger charge is -2.19. The normalized spacial score (nSPS) is 14.3. The van der Waals surface area contributed by atoms with Gasteiger partial charge in [-0.15, -0.1) is 11.3 Å². The Morgan fingerprint density at radius 3 is 2.34 bits per heavy atom. The van der Waals surface area contributed by atoms with E-state index in [-0.39, 0.29) is 12.0 Å². The van der Waals surface area contributed by atoms with E-state index in [4.69, 9.17) is 9.47 Å². The number of amides is 1. The van der Waals surface area contributed by atoms with Crippen LogP contribution in [-0.4, -0.2) is 30.6 Å². The van der Waals surface area contributed by atoms with Crippen molar-refractivity contribution in [2.75, 3.05) is 11.9 Å². The molecule has 0 fully saturated rings. The number of esters is 2. The van der Waals surface area contributed by atoms with Crippen molar-refractivity contribution >= 4 is 34.2 Å². The molecule has 0 spiro atoms. The fraction of sp³-hybridized carbons (Fsp3) is 0.480. The van der Waals surface area contributed by atoms with Gasteiger partial charge in [-0.05, 0) is 68.2 Å². The smallest absolute Gasteiger partial charge is 0.341 e. The molecule has 1 heterocycles. The summed E-state index contributed by atoms with van der Waals surface area (Å²) in [6.07, 6.45) is 2.73. The first-order chi connectivity index (χ1) is 15.1. The van der Waals surface area contributed by atoms with Crippen LogP contribution in [0.15, 0.2) is 24.3 Å². The first-order valence-corrected chi connectivity index (χ1v) is 11.9. The van der Waals surface area contributed by atoms with E-state index in [1.54, 1.807) is 19.1 Å². The molecule has 6 nitrogen and oxygen atoms in total. The zero-order valence-corrected chi connectivity index (χ0v) is 20.2. The molecule has 1 aromatic heterocycles. The van der Waals surface area contributed by atoms with Crippen LogP contribution in [0.2, 0.25) is 0 Å². The average molecular weight is 458 g/mol. The molecule has 3 rings (SSSR count). The van der Waals surface area contributed by atoms with E-state index in [2.05, 4.69) is 26.1 Å². The van der Waals surface area contributed by atoms with Gasteiger partial charge in [0.1, 0.15) is 5.00 Å². The number of carbonyl (C=O) groups is 3. The maximum absolute atomic E-state index is 12.8. The Morgan fingerprint density at radius 1 is 1.06 bits per heavy atom. The molecular formula is C25H31NO5S. The van der Waals surface area contributed by atoms with E-state index in [9.17, 15) is 14.4 Å². The maximum atomic E-state index is 12.8. The lowest BCUT2D eigenvalue weighted by Crippen LogP contribution is -2.30. The minimum atomic E-state index is -1.01. The van der Waals surface area contributed by atoms with Crippen molar-refractivity contribution < 1.29 is 23.9 Å². The van der Waals surface area contributed by atoms with E-state index in [0.717, 1.165) is 41.7 Å². The molecule has 0 saturated heterocycles. The molecule has 1 aliphatic rings. The molecule has 1 aromatic carbocycles. The molecule has 1 amide bonds. The lowest BCUT2D eigenvalue weighted by molar-refractivity contribution is -0.123. The highest BCUT2D eigenvalue weighted by molar-refractivity contribution is 7.17. The van der Waals surface area contributed by atoms with Gasteiger partial charge in [-0.1, -0.05) is 32.9 Å². The third-order valence-corrected chi connectivity index (χ3v) is 6.73. The Balaban J connectivity index is 1.71. The molecule has 0 bridgehead atoms. The Bertz CT molecular complexity index is 1000. The standard InChI is InChI=1S/C25H31NO5S/c1-6-30-24(29)20-18-9-7-8-10-19(18)32-22(20)26-21(27)15(2)31-23(28)16-11-13-17(14-12-16)25(3,4)5/h11-15H,6-10H2,1-5H3,(H,26,27). The van der Waals surface area contributed by atoms with E-state index < -0.39 is 23.9 Å². The number of ether oxygens (including phenoxy) is 2. The first kappa shape index (κ1) is 24.0. The zero-order valence-electron chi connectivity index (χ0n) is 19.4. The van der Waals surface area contributed by atoms with Crippen molar-refractivity contribution in [3.8, 4) is 0 Å². The van der Waals surface area contributed by atoms with Crippen LogP contribution in [0.4, 0.5) is 5.00 Å². The second-order valence-electron chi connectivity index (χ2n) is 9.00. The number of anilines is 1. The van der Waals surface area contributed by atoms with Gasteiger partial charge in [-0.25, -0.2) is 9.59 Å². The quantitative estimate of drug-likeness (QED) is 0.597. The topological polar surface area (TPSA) is 81.7 Å². The number of benzene rings is 1. The Morgan fingerprint density at radius 2 is 1.72 bits per heavy atom. The Kier molecular flexibility index (Phi) is 7.39. The van der Waals surface area contributed by atoms with Crippen LogP contribution in [0, 0.1) is 0 Å². The summed E-state index contributed by atoms with van der Waals surface area (Å²) in [6.45, 7) is 9.83. The number of rotatable bonds is 6. The first-order valence-electron chi connectivity index (χ1n) is 11.1. The second kappa shape index (κ2) is 9.86. The van der Waals surface area contributed by atoms with Gasteiger partial charge >= 0.3 is 11.9 Å². The number of aryl methyl sites for hydroxylation is 1. The number of nitrogens with one attached hydrogen (secondary N) is 1. The van der Waals surface area contributed by atoms with Gasteiger partial charge in [-0.2, -0.15) is 0 Å². The van der Waals surface area contributed by atoms with Crippen LogP contribution in [-0.2, 0) is 32.5 Å². The SMILES string of the molecule is CCOC(=O)c1c(NC(=O)C(C)OC(=O)c2ccc(C(C)(C)C)cc2)sc2c1CCCC2. The fourth-order valence-electron chi connectivity index (χ4n) is 3.68. The minimum Gasteiger partial charge on any atom is -0.462 e. The summed E-state index contributed by atoms with van der Waals surface area (Å²) in [4.78, 5) is 39.0. The number of hydrogen-bond acceptors (Lipinski definition) is 6. The van der Waals surface area contributed by atoms with Gasteiger partial charge < -0.3 is 14.8 Å². The number of hydrogen-bond donors (Lipinski definition) is 1. The summed E-state index contributed by atoms with van der Waals surface area (Å²) in [5.41, 5.74) is 2.88. The summed E-state index contributed by atoms with van der Waals surface area (Å²) in [7, 11) is 0. The van der Waals surface area contributed by atoms with Gasteiger partial charge in [-0.3, -0.25) is 4.79 Å². The van der Waals surface area contributed by atoms with E-state index >= 15 is 0 Å². The highest BCUT2D eigenvalue weighted by Gasteiger charge is 2.29. The molecule has 0 saturated carbocycles. The van der Waals surface area contributed by atoms with Gasteiger partial charge in [0.2, 0.25) is 0 Å². The van der Waals surface area contributed by atoms with Crippen molar-refractivity contribution in [3.63, 3.8) is 0 Å². The van der Waals surface area contributed by atoms with E-state index in [0.29, 0.717) is 16.1 Å². The van der Waals surface area contributed by atoms with Crippen molar-refractivity contribution in [3.05, 3.63) is 51.4 Å². The predicted octanol–water partition coefficient (Wildman–Crippen LogP) is 5.29. The number of carbonyl (C=O) groups excluding carboxylic acids is 3. The molecule has 0 aliphatic heterocycles. The summed E-state index contributed by atoms with van der Waals surface area (Å²) >= 11 is 1.41. The monoisotopic (exact) mass is 457 g/mol. The summed E-state index contributed by atoms with van der Waals surface area (Å²) < 4.78 is 10.6. The summed E-state index contributed by atoms with van der Waals surface area (Å²) in [5, 5.41) is 3.26. The molecule has 1 unspecified atom stereocenters. The van der Waals surface area contributed by atoms with Crippen LogP contribution in [0.3, 0.4) is 0 Å². The van der Waals surface area contributed by atoms with Crippen molar-refractivity contribution in [2.24, 2.45) is 0 Å². The van der Waals surface area contributed by atoms with Crippen LogP contribution >= 0.6 is 11.3 Å². The molecule has 172 valence electrons. The third kappa shape index (κ3) is 5.38. The van der Waals surface area contributed by atoms with Gasteiger partial charge in [0, 0.05) is 4.88 Å². The highest BCUT2D eigenvalue weighted by Crippen LogP contribution is 2.38. The fourth-order valence-corrected chi connectivity index (χ4v) is 4.96. The van der Waals surface area contributed by atoms with Crippen LogP contribution in [0.1, 0.15) is 84.2 Å². The molecular weight excluding hydrogens is 426 g/mol. The van der Waals surface area contributed by atoms with Gasteiger partial charge in [0.05, 0.1) is 17.7 Å². The maximum Gasteiger partial charge on any atom is 0.341 e. The number of thiophene rings is 1. The lowest BCUT2D eigenvalue weighted by atomic mass is 9.87. The molecule has 0 radical (unpaired) electrons. The highest BCUT2D eigenvalue weighted by atomic mass is 32.1. The van der Waals surface area contributed by atoms with Crippen LogP contribution in [0.25, 0.3) is 0 Å². The van der Waals surface area contributed by atoms with Crippen LogP contribution in [0.5, 0.6) is 0 Å². The summed E-state index contributed by atoms with van der Waals surface area (Å²) in [6, 6.07) is 7.20. The molecule has 1 N–H and O–H groups in total. The third-order valence-electron chi connectivity index (χ3n) is 5.53. The van der Waals surface area contributed by atoms with Crippen molar-refractivity contribution in [2.45, 2.75) is 71.8 Å².